The Morgan fingerprint density at radius 2 is 1.50 bits per heavy atom. The molecule has 1 aromatic carbocycles. The van der Waals surface area contributed by atoms with Gasteiger partial charge in [0.25, 0.3) is 5.91 Å². The van der Waals surface area contributed by atoms with Crippen molar-refractivity contribution < 1.29 is 14.4 Å². The van der Waals surface area contributed by atoms with Gasteiger partial charge >= 0.3 is 0 Å². The highest BCUT2D eigenvalue weighted by atomic mass is 16.2. The average molecular weight is 305 g/mol. The Balaban J connectivity index is 2.52. The van der Waals surface area contributed by atoms with Crippen LogP contribution >= 0.6 is 0 Å². The Bertz CT molecular complexity index is 545. The number of nitrogens with one attached hydrogen (secondary N) is 3. The van der Waals surface area contributed by atoms with Gasteiger partial charge in [0, 0.05) is 36.7 Å². The minimum Gasteiger partial charge on any atom is -0.355 e. The molecular weight excluding hydrogens is 282 g/mol. The molecule has 0 aliphatic carbocycles. The fourth-order valence-corrected chi connectivity index (χ4v) is 1.54. The van der Waals surface area contributed by atoms with Gasteiger partial charge in [0.1, 0.15) is 0 Å². The van der Waals surface area contributed by atoms with E-state index in [1.807, 2.05) is 20.8 Å². The summed E-state index contributed by atoms with van der Waals surface area (Å²) in [6.45, 7) is 7.67. The number of carbonyl (C=O) groups is 3. The standard InChI is InChI=1S/C16H23N3O3/c1-11(20)17-9-10-18-14(21)12-5-7-13(8-6-12)19-15(22)16(2,3)4/h5-8H,9-10H2,1-4H3,(H,17,20)(H,18,21)(H,19,22). The van der Waals surface area contributed by atoms with Gasteiger partial charge in [0.2, 0.25) is 11.8 Å². The number of amides is 3. The number of hydrogen-bond acceptors (Lipinski definition) is 3. The third-order valence-electron chi connectivity index (χ3n) is 2.87. The van der Waals surface area contributed by atoms with Crippen LogP contribution in [0.15, 0.2) is 24.3 Å². The largest absolute Gasteiger partial charge is 0.355 e. The third kappa shape index (κ3) is 5.95. The fourth-order valence-electron chi connectivity index (χ4n) is 1.54. The Labute approximate surface area is 130 Å². The SMILES string of the molecule is CC(=O)NCCNC(=O)c1ccc(NC(=O)C(C)(C)C)cc1. The molecule has 0 saturated carbocycles. The molecule has 0 heterocycles. The summed E-state index contributed by atoms with van der Waals surface area (Å²) in [7, 11) is 0. The molecule has 120 valence electrons. The molecule has 22 heavy (non-hydrogen) atoms. The molecule has 0 saturated heterocycles. The van der Waals surface area contributed by atoms with Gasteiger partial charge in [0.05, 0.1) is 0 Å². The van der Waals surface area contributed by atoms with Crippen molar-refractivity contribution in [3.8, 4) is 0 Å². The van der Waals surface area contributed by atoms with Crippen LogP contribution in [0.5, 0.6) is 0 Å². The first-order valence-electron chi connectivity index (χ1n) is 7.14. The highest BCUT2D eigenvalue weighted by molar-refractivity contribution is 5.97. The molecule has 0 fully saturated rings. The Morgan fingerprint density at radius 1 is 0.955 bits per heavy atom. The van der Waals surface area contributed by atoms with Crippen molar-refractivity contribution in [1.82, 2.24) is 10.6 Å². The van der Waals surface area contributed by atoms with Gasteiger partial charge in [-0.15, -0.1) is 0 Å². The second-order valence-corrected chi connectivity index (χ2v) is 6.02. The molecule has 0 aliphatic heterocycles. The van der Waals surface area contributed by atoms with Crippen molar-refractivity contribution in [1.29, 1.82) is 0 Å². The lowest BCUT2D eigenvalue weighted by atomic mass is 9.95. The average Bonchev–Trinajstić information content (AvgIpc) is 2.43. The minimum atomic E-state index is -0.472. The zero-order valence-corrected chi connectivity index (χ0v) is 13.4. The topological polar surface area (TPSA) is 87.3 Å². The van der Waals surface area contributed by atoms with E-state index in [1.54, 1.807) is 24.3 Å². The summed E-state index contributed by atoms with van der Waals surface area (Å²) in [5.74, 6) is -0.438. The summed E-state index contributed by atoms with van der Waals surface area (Å²) in [5, 5.41) is 8.09. The maximum atomic E-state index is 11.9. The van der Waals surface area contributed by atoms with Crippen LogP contribution < -0.4 is 16.0 Å². The molecule has 6 heteroatoms. The van der Waals surface area contributed by atoms with Gasteiger partial charge < -0.3 is 16.0 Å². The van der Waals surface area contributed by atoms with Crippen molar-refractivity contribution in [3.05, 3.63) is 29.8 Å². The van der Waals surface area contributed by atoms with Crippen LogP contribution in [0.2, 0.25) is 0 Å². The van der Waals surface area contributed by atoms with E-state index in [0.29, 0.717) is 24.3 Å². The highest BCUT2D eigenvalue weighted by Gasteiger charge is 2.21. The Hall–Kier alpha value is -2.37. The molecule has 0 spiro atoms. The quantitative estimate of drug-likeness (QED) is 0.721. The lowest BCUT2D eigenvalue weighted by Gasteiger charge is -2.17. The lowest BCUT2D eigenvalue weighted by Crippen LogP contribution is -2.33. The highest BCUT2D eigenvalue weighted by Crippen LogP contribution is 2.17. The smallest absolute Gasteiger partial charge is 0.251 e. The molecule has 3 N–H and O–H groups in total. The van der Waals surface area contributed by atoms with Crippen LogP contribution in [0.25, 0.3) is 0 Å². The molecule has 1 rings (SSSR count). The van der Waals surface area contributed by atoms with Gasteiger partial charge in [-0.1, -0.05) is 20.8 Å². The Kier molecular flexibility index (Phi) is 6.10. The van der Waals surface area contributed by atoms with E-state index in [1.165, 1.54) is 6.92 Å². The zero-order valence-electron chi connectivity index (χ0n) is 13.4. The predicted molar refractivity (Wildman–Crippen MR) is 85.5 cm³/mol. The summed E-state index contributed by atoms with van der Waals surface area (Å²) < 4.78 is 0. The van der Waals surface area contributed by atoms with E-state index in [4.69, 9.17) is 0 Å². The second-order valence-electron chi connectivity index (χ2n) is 6.02. The molecule has 0 aliphatic rings. The van der Waals surface area contributed by atoms with E-state index in [2.05, 4.69) is 16.0 Å². The number of benzene rings is 1. The monoisotopic (exact) mass is 305 g/mol. The van der Waals surface area contributed by atoms with E-state index < -0.39 is 5.41 Å². The van der Waals surface area contributed by atoms with E-state index in [0.717, 1.165) is 0 Å². The maximum Gasteiger partial charge on any atom is 0.251 e. The molecule has 6 nitrogen and oxygen atoms in total. The van der Waals surface area contributed by atoms with E-state index in [9.17, 15) is 14.4 Å². The van der Waals surface area contributed by atoms with Crippen LogP contribution in [-0.4, -0.2) is 30.8 Å². The number of rotatable bonds is 5. The molecular formula is C16H23N3O3. The minimum absolute atomic E-state index is 0.0833. The van der Waals surface area contributed by atoms with Crippen LogP contribution in [0.3, 0.4) is 0 Å². The van der Waals surface area contributed by atoms with E-state index >= 15 is 0 Å². The molecule has 3 amide bonds. The molecule has 1 aromatic rings. The fraction of sp³-hybridized carbons (Fsp3) is 0.438. The van der Waals surface area contributed by atoms with Gasteiger partial charge in [-0.05, 0) is 24.3 Å². The predicted octanol–water partition coefficient (Wildman–Crippen LogP) is 1.54. The van der Waals surface area contributed by atoms with Crippen molar-refractivity contribution in [2.75, 3.05) is 18.4 Å². The summed E-state index contributed by atoms with van der Waals surface area (Å²) in [5.41, 5.74) is 0.672. The van der Waals surface area contributed by atoms with Crippen LogP contribution in [0.1, 0.15) is 38.1 Å². The van der Waals surface area contributed by atoms with Crippen molar-refractivity contribution >= 4 is 23.4 Å². The van der Waals surface area contributed by atoms with Crippen LogP contribution in [0, 0.1) is 5.41 Å². The lowest BCUT2D eigenvalue weighted by molar-refractivity contribution is -0.123. The van der Waals surface area contributed by atoms with E-state index in [-0.39, 0.29) is 17.7 Å². The van der Waals surface area contributed by atoms with Crippen molar-refractivity contribution in [3.63, 3.8) is 0 Å². The zero-order chi connectivity index (χ0) is 16.8. The van der Waals surface area contributed by atoms with Crippen molar-refractivity contribution in [2.24, 2.45) is 5.41 Å². The number of anilines is 1. The first kappa shape index (κ1) is 17.7. The summed E-state index contributed by atoms with van der Waals surface area (Å²) >= 11 is 0. The third-order valence-corrected chi connectivity index (χ3v) is 2.87. The van der Waals surface area contributed by atoms with Crippen molar-refractivity contribution in [2.45, 2.75) is 27.7 Å². The molecule has 0 aromatic heterocycles. The second kappa shape index (κ2) is 7.59. The maximum absolute atomic E-state index is 11.9. The molecule has 0 bridgehead atoms. The molecule has 0 radical (unpaired) electrons. The van der Waals surface area contributed by atoms with Crippen LogP contribution in [-0.2, 0) is 9.59 Å². The van der Waals surface area contributed by atoms with Gasteiger partial charge in [-0.25, -0.2) is 0 Å². The summed E-state index contributed by atoms with van der Waals surface area (Å²) in [6.07, 6.45) is 0. The van der Waals surface area contributed by atoms with Gasteiger partial charge in [0.15, 0.2) is 0 Å². The first-order valence-corrected chi connectivity index (χ1v) is 7.14. The number of carbonyl (C=O) groups excluding carboxylic acids is 3. The van der Waals surface area contributed by atoms with Gasteiger partial charge in [-0.2, -0.15) is 0 Å². The summed E-state index contributed by atoms with van der Waals surface area (Å²) in [4.78, 5) is 34.4. The van der Waals surface area contributed by atoms with Gasteiger partial charge in [-0.3, -0.25) is 14.4 Å². The first-order chi connectivity index (χ1) is 10.2. The normalized spacial score (nSPS) is 10.7. The molecule has 0 atom stereocenters. The summed E-state index contributed by atoms with van der Waals surface area (Å²) in [6, 6.07) is 6.66. The number of hydrogen-bond donors (Lipinski definition) is 3. The molecule has 0 unspecified atom stereocenters. The Morgan fingerprint density at radius 3 is 2.00 bits per heavy atom. The van der Waals surface area contributed by atoms with Crippen LogP contribution in [0.4, 0.5) is 5.69 Å².